The van der Waals surface area contributed by atoms with E-state index in [1.165, 1.54) is 11.8 Å². The van der Waals surface area contributed by atoms with Gasteiger partial charge in [-0.1, -0.05) is 11.8 Å². The monoisotopic (exact) mass is 425 g/mol. The third-order valence-corrected chi connectivity index (χ3v) is 5.54. The molecular formula is C22H27N5O2S. The van der Waals surface area contributed by atoms with Gasteiger partial charge < -0.3 is 9.64 Å². The van der Waals surface area contributed by atoms with E-state index >= 15 is 0 Å². The van der Waals surface area contributed by atoms with Gasteiger partial charge in [0.2, 0.25) is 5.91 Å². The van der Waals surface area contributed by atoms with Gasteiger partial charge in [-0.05, 0) is 64.1 Å². The van der Waals surface area contributed by atoms with Crippen molar-refractivity contribution in [1.82, 2.24) is 24.6 Å². The highest BCUT2D eigenvalue weighted by Crippen LogP contribution is 2.29. The van der Waals surface area contributed by atoms with Gasteiger partial charge in [0.1, 0.15) is 5.75 Å². The van der Waals surface area contributed by atoms with E-state index in [0.717, 1.165) is 17.0 Å². The third kappa shape index (κ3) is 4.81. The minimum Gasteiger partial charge on any atom is -0.497 e. The van der Waals surface area contributed by atoms with Crippen LogP contribution >= 0.6 is 11.8 Å². The molecule has 0 bridgehead atoms. The molecule has 0 radical (unpaired) electrons. The molecule has 7 nitrogen and oxygen atoms in total. The Labute approximate surface area is 181 Å². The predicted octanol–water partition coefficient (Wildman–Crippen LogP) is 4.08. The largest absolute Gasteiger partial charge is 0.497 e. The number of hydrogen-bond acceptors (Lipinski definition) is 6. The molecule has 0 spiro atoms. The molecule has 0 aliphatic rings. The van der Waals surface area contributed by atoms with Gasteiger partial charge >= 0.3 is 0 Å². The van der Waals surface area contributed by atoms with E-state index in [9.17, 15) is 4.79 Å². The fourth-order valence-corrected chi connectivity index (χ4v) is 4.21. The van der Waals surface area contributed by atoms with Crippen LogP contribution in [0.25, 0.3) is 17.1 Å². The van der Waals surface area contributed by atoms with Crippen LogP contribution in [0.15, 0.2) is 53.9 Å². The smallest absolute Gasteiger partial charge is 0.233 e. The summed E-state index contributed by atoms with van der Waals surface area (Å²) in [6.45, 7) is 8.13. The van der Waals surface area contributed by atoms with Gasteiger partial charge in [-0.15, -0.1) is 10.2 Å². The Balaban J connectivity index is 1.94. The molecule has 3 rings (SSSR count). The van der Waals surface area contributed by atoms with Crippen molar-refractivity contribution in [3.8, 4) is 22.8 Å². The second-order valence-corrected chi connectivity index (χ2v) is 8.30. The van der Waals surface area contributed by atoms with Crippen LogP contribution in [0.1, 0.15) is 27.7 Å². The first-order chi connectivity index (χ1) is 14.4. The summed E-state index contributed by atoms with van der Waals surface area (Å²) in [6.07, 6.45) is 3.45. The molecule has 0 fully saturated rings. The molecule has 0 unspecified atom stereocenters. The maximum absolute atomic E-state index is 12.8. The molecule has 0 N–H and O–H groups in total. The number of nitrogens with zero attached hydrogens (tertiary/aromatic N) is 5. The summed E-state index contributed by atoms with van der Waals surface area (Å²) in [5.41, 5.74) is 1.80. The average molecular weight is 426 g/mol. The number of methoxy groups -OCH3 is 1. The van der Waals surface area contributed by atoms with Crippen molar-refractivity contribution in [2.45, 2.75) is 44.9 Å². The van der Waals surface area contributed by atoms with E-state index in [4.69, 9.17) is 4.74 Å². The Hall–Kier alpha value is -2.87. The Morgan fingerprint density at radius 1 is 1.03 bits per heavy atom. The average Bonchev–Trinajstić information content (AvgIpc) is 3.16. The van der Waals surface area contributed by atoms with Crippen LogP contribution in [0.3, 0.4) is 0 Å². The lowest BCUT2D eigenvalue weighted by atomic mass is 10.2. The van der Waals surface area contributed by atoms with Crippen molar-refractivity contribution >= 4 is 17.7 Å². The van der Waals surface area contributed by atoms with Crippen LogP contribution in [0, 0.1) is 0 Å². The predicted molar refractivity (Wildman–Crippen MR) is 119 cm³/mol. The van der Waals surface area contributed by atoms with Gasteiger partial charge in [0.15, 0.2) is 11.0 Å². The Bertz CT molecular complexity index is 963. The number of carbonyl (C=O) groups is 1. The maximum atomic E-state index is 12.8. The molecule has 0 saturated carbocycles. The van der Waals surface area contributed by atoms with Crippen LogP contribution in [-0.4, -0.2) is 55.5 Å². The van der Waals surface area contributed by atoms with Crippen molar-refractivity contribution in [2.75, 3.05) is 12.9 Å². The van der Waals surface area contributed by atoms with Crippen LogP contribution in [-0.2, 0) is 4.79 Å². The molecule has 1 amide bonds. The van der Waals surface area contributed by atoms with Crippen LogP contribution in [0.5, 0.6) is 5.75 Å². The van der Waals surface area contributed by atoms with Gasteiger partial charge in [0, 0.05) is 35.7 Å². The molecule has 158 valence electrons. The van der Waals surface area contributed by atoms with Crippen LogP contribution < -0.4 is 4.74 Å². The van der Waals surface area contributed by atoms with Crippen molar-refractivity contribution in [2.24, 2.45) is 0 Å². The van der Waals surface area contributed by atoms with E-state index in [1.54, 1.807) is 19.5 Å². The lowest BCUT2D eigenvalue weighted by Gasteiger charge is -2.30. The number of ether oxygens (including phenoxy) is 1. The molecular weight excluding hydrogens is 398 g/mol. The molecule has 30 heavy (non-hydrogen) atoms. The zero-order valence-corrected chi connectivity index (χ0v) is 18.8. The standard InChI is InChI=1S/C22H27N5O2S/c1-15(2)26(16(3)4)20(28)14-30-22-25-24-21(17-10-12-23-13-11-17)27(22)18-6-8-19(29-5)9-7-18/h6-13,15-16H,14H2,1-5H3. The van der Waals surface area contributed by atoms with E-state index in [2.05, 4.69) is 15.2 Å². The Morgan fingerprint density at radius 3 is 2.23 bits per heavy atom. The summed E-state index contributed by atoms with van der Waals surface area (Å²) in [6, 6.07) is 11.8. The molecule has 0 aliphatic carbocycles. The number of hydrogen-bond donors (Lipinski definition) is 0. The van der Waals surface area contributed by atoms with Gasteiger partial charge in [-0.25, -0.2) is 0 Å². The highest BCUT2D eigenvalue weighted by atomic mass is 32.2. The minimum atomic E-state index is 0.0831. The van der Waals surface area contributed by atoms with E-state index in [-0.39, 0.29) is 18.0 Å². The van der Waals surface area contributed by atoms with Gasteiger partial charge in [0.25, 0.3) is 0 Å². The number of carbonyl (C=O) groups excluding carboxylic acids is 1. The number of amides is 1. The second-order valence-electron chi connectivity index (χ2n) is 7.35. The molecule has 2 heterocycles. The fraction of sp³-hybridized carbons (Fsp3) is 0.364. The topological polar surface area (TPSA) is 73.1 Å². The highest BCUT2D eigenvalue weighted by Gasteiger charge is 2.22. The minimum absolute atomic E-state index is 0.0831. The lowest BCUT2D eigenvalue weighted by Crippen LogP contribution is -2.43. The molecule has 0 atom stereocenters. The quantitative estimate of drug-likeness (QED) is 0.507. The number of aromatic nitrogens is 4. The lowest BCUT2D eigenvalue weighted by molar-refractivity contribution is -0.131. The third-order valence-electron chi connectivity index (χ3n) is 4.63. The van der Waals surface area contributed by atoms with Gasteiger partial charge in [0.05, 0.1) is 12.9 Å². The molecule has 2 aromatic heterocycles. The van der Waals surface area contributed by atoms with Crippen molar-refractivity contribution in [3.05, 3.63) is 48.8 Å². The summed E-state index contributed by atoms with van der Waals surface area (Å²) in [5.74, 6) is 1.84. The summed E-state index contributed by atoms with van der Waals surface area (Å²) < 4.78 is 7.24. The summed E-state index contributed by atoms with van der Waals surface area (Å²) >= 11 is 1.39. The van der Waals surface area contributed by atoms with Crippen molar-refractivity contribution < 1.29 is 9.53 Å². The zero-order valence-electron chi connectivity index (χ0n) is 17.9. The van der Waals surface area contributed by atoms with E-state index in [1.807, 2.05) is 73.6 Å². The van der Waals surface area contributed by atoms with E-state index in [0.29, 0.717) is 16.7 Å². The van der Waals surface area contributed by atoms with Crippen molar-refractivity contribution in [1.29, 1.82) is 0 Å². The second kappa shape index (κ2) is 9.75. The number of benzene rings is 1. The molecule has 1 aromatic carbocycles. The summed E-state index contributed by atoms with van der Waals surface area (Å²) in [5, 5.41) is 9.45. The SMILES string of the molecule is COc1ccc(-n2c(SCC(=O)N(C(C)C)C(C)C)nnc2-c2ccncc2)cc1. The normalized spacial score (nSPS) is 11.2. The number of pyridine rings is 1. The fourth-order valence-electron chi connectivity index (χ4n) is 3.39. The number of rotatable bonds is 8. The maximum Gasteiger partial charge on any atom is 0.233 e. The van der Waals surface area contributed by atoms with Crippen LogP contribution in [0.2, 0.25) is 0 Å². The zero-order chi connectivity index (χ0) is 21.7. The molecule has 3 aromatic rings. The number of thioether (sulfide) groups is 1. The molecule has 0 saturated heterocycles. The first kappa shape index (κ1) is 21.8. The molecule has 8 heteroatoms. The Morgan fingerprint density at radius 2 is 1.67 bits per heavy atom. The van der Waals surface area contributed by atoms with Crippen LogP contribution in [0.4, 0.5) is 0 Å². The molecule has 0 aliphatic heterocycles. The first-order valence-electron chi connectivity index (χ1n) is 9.86. The van der Waals surface area contributed by atoms with Gasteiger partial charge in [-0.2, -0.15) is 0 Å². The van der Waals surface area contributed by atoms with E-state index < -0.39 is 0 Å². The van der Waals surface area contributed by atoms with Crippen molar-refractivity contribution in [3.63, 3.8) is 0 Å². The summed E-state index contributed by atoms with van der Waals surface area (Å²) in [7, 11) is 1.64. The van der Waals surface area contributed by atoms with Gasteiger partial charge in [-0.3, -0.25) is 14.3 Å². The highest BCUT2D eigenvalue weighted by molar-refractivity contribution is 7.99. The Kier molecular flexibility index (Phi) is 7.10. The summed E-state index contributed by atoms with van der Waals surface area (Å²) in [4.78, 5) is 18.8. The first-order valence-corrected chi connectivity index (χ1v) is 10.8.